The Labute approximate surface area is 84.0 Å². The molecule has 3 heteroatoms. The number of rotatable bonds is 2. The first kappa shape index (κ1) is 9.32. The Bertz CT molecular complexity index is 203. The van der Waals surface area contributed by atoms with Gasteiger partial charge in [-0.2, -0.15) is 0 Å². The lowest BCUT2D eigenvalue weighted by Crippen LogP contribution is -2.43. The van der Waals surface area contributed by atoms with Crippen molar-refractivity contribution in [3.63, 3.8) is 0 Å². The molecule has 2 fully saturated rings. The van der Waals surface area contributed by atoms with Crippen LogP contribution in [0.25, 0.3) is 0 Å². The molecule has 0 aromatic rings. The fraction of sp³-hybridized carbons (Fsp3) is 0.900. The maximum atomic E-state index is 11.6. The van der Waals surface area contributed by atoms with Crippen molar-refractivity contribution in [3.05, 3.63) is 0 Å². The van der Waals surface area contributed by atoms with E-state index in [0.717, 1.165) is 32.1 Å². The third-order valence-corrected chi connectivity index (χ3v) is 3.76. The number of nitrogens with one attached hydrogen (secondary N) is 1. The second-order valence-corrected chi connectivity index (χ2v) is 4.75. The van der Waals surface area contributed by atoms with Crippen LogP contribution in [0.3, 0.4) is 0 Å². The van der Waals surface area contributed by atoms with E-state index in [1.165, 1.54) is 6.42 Å². The Morgan fingerprint density at radius 2 is 1.85 bits per heavy atom. The summed E-state index contributed by atoms with van der Waals surface area (Å²) in [5.74, 6) is 0.535. The molecule has 2 nitrogen and oxygen atoms in total. The average molecular weight is 202 g/mol. The van der Waals surface area contributed by atoms with Crippen LogP contribution in [0.15, 0.2) is 0 Å². The van der Waals surface area contributed by atoms with E-state index >= 15 is 0 Å². The van der Waals surface area contributed by atoms with Crippen LogP contribution >= 0.6 is 11.6 Å². The summed E-state index contributed by atoms with van der Waals surface area (Å²) in [5.41, 5.74) is 0. The first-order chi connectivity index (χ1) is 6.27. The fourth-order valence-electron chi connectivity index (χ4n) is 2.05. The molecule has 74 valence electrons. The van der Waals surface area contributed by atoms with Gasteiger partial charge in [0, 0.05) is 12.0 Å². The molecule has 2 saturated carbocycles. The molecule has 2 rings (SSSR count). The second-order valence-electron chi connectivity index (χ2n) is 4.19. The van der Waals surface area contributed by atoms with Gasteiger partial charge in [0.25, 0.3) is 0 Å². The number of hydrogen-bond donors (Lipinski definition) is 1. The molecule has 2 aliphatic carbocycles. The smallest absolute Gasteiger partial charge is 0.223 e. The van der Waals surface area contributed by atoms with Crippen molar-refractivity contribution in [1.82, 2.24) is 5.32 Å². The summed E-state index contributed by atoms with van der Waals surface area (Å²) in [6.45, 7) is 0. The van der Waals surface area contributed by atoms with E-state index in [0.29, 0.717) is 5.92 Å². The van der Waals surface area contributed by atoms with Crippen LogP contribution in [-0.2, 0) is 4.79 Å². The third kappa shape index (κ3) is 1.98. The van der Waals surface area contributed by atoms with E-state index in [1.54, 1.807) is 0 Å². The van der Waals surface area contributed by atoms with Crippen molar-refractivity contribution in [3.8, 4) is 0 Å². The molecule has 0 radical (unpaired) electrons. The van der Waals surface area contributed by atoms with Gasteiger partial charge in [-0.1, -0.05) is 6.42 Å². The van der Waals surface area contributed by atoms with Crippen LogP contribution in [0.1, 0.15) is 38.5 Å². The van der Waals surface area contributed by atoms with E-state index < -0.39 is 0 Å². The molecule has 1 amide bonds. The minimum atomic E-state index is 0.170. The van der Waals surface area contributed by atoms with E-state index in [9.17, 15) is 4.79 Å². The molecule has 2 unspecified atom stereocenters. The Balaban J connectivity index is 1.79. The number of alkyl halides is 1. The van der Waals surface area contributed by atoms with Gasteiger partial charge in [-0.05, 0) is 32.1 Å². The maximum Gasteiger partial charge on any atom is 0.223 e. The Kier molecular flexibility index (Phi) is 2.77. The van der Waals surface area contributed by atoms with Gasteiger partial charge in [-0.3, -0.25) is 4.79 Å². The summed E-state index contributed by atoms with van der Waals surface area (Å²) in [6.07, 6.45) is 6.64. The van der Waals surface area contributed by atoms with Gasteiger partial charge in [0.2, 0.25) is 5.91 Å². The third-order valence-electron chi connectivity index (χ3n) is 3.24. The first-order valence-corrected chi connectivity index (χ1v) is 5.65. The normalized spacial score (nSPS) is 34.2. The highest BCUT2D eigenvalue weighted by molar-refractivity contribution is 6.21. The molecule has 0 heterocycles. The van der Waals surface area contributed by atoms with Crippen LogP contribution < -0.4 is 5.32 Å². The van der Waals surface area contributed by atoms with Crippen molar-refractivity contribution in [1.29, 1.82) is 0 Å². The minimum Gasteiger partial charge on any atom is -0.352 e. The van der Waals surface area contributed by atoms with E-state index in [-0.39, 0.29) is 17.3 Å². The van der Waals surface area contributed by atoms with Crippen molar-refractivity contribution in [2.45, 2.75) is 49.9 Å². The molecule has 2 atom stereocenters. The Morgan fingerprint density at radius 3 is 2.31 bits per heavy atom. The van der Waals surface area contributed by atoms with Gasteiger partial charge in [0.1, 0.15) is 0 Å². The zero-order valence-electron chi connectivity index (χ0n) is 7.76. The van der Waals surface area contributed by atoms with Gasteiger partial charge >= 0.3 is 0 Å². The van der Waals surface area contributed by atoms with Gasteiger partial charge in [0.05, 0.1) is 5.38 Å². The van der Waals surface area contributed by atoms with Crippen LogP contribution in [0.4, 0.5) is 0 Å². The van der Waals surface area contributed by atoms with Gasteiger partial charge in [-0.15, -0.1) is 11.6 Å². The first-order valence-electron chi connectivity index (χ1n) is 5.22. The Morgan fingerprint density at radius 1 is 1.15 bits per heavy atom. The summed E-state index contributed by atoms with van der Waals surface area (Å²) in [7, 11) is 0. The van der Waals surface area contributed by atoms with Crippen molar-refractivity contribution < 1.29 is 4.79 Å². The molecule has 0 spiro atoms. The Hall–Kier alpha value is -0.240. The highest BCUT2D eigenvalue weighted by Crippen LogP contribution is 2.28. The van der Waals surface area contributed by atoms with Crippen molar-refractivity contribution in [2.24, 2.45) is 5.92 Å². The van der Waals surface area contributed by atoms with E-state index in [4.69, 9.17) is 11.6 Å². The van der Waals surface area contributed by atoms with Crippen LogP contribution in [0, 0.1) is 5.92 Å². The number of amides is 1. The summed E-state index contributed by atoms with van der Waals surface area (Å²) in [6, 6.07) is 0.245. The van der Waals surface area contributed by atoms with Crippen LogP contribution in [-0.4, -0.2) is 17.3 Å². The summed E-state index contributed by atoms with van der Waals surface area (Å²) >= 11 is 6.07. The molecule has 0 aromatic heterocycles. The fourth-order valence-corrected chi connectivity index (χ4v) is 2.39. The molecule has 13 heavy (non-hydrogen) atoms. The molecule has 0 bridgehead atoms. The monoisotopic (exact) mass is 201 g/mol. The topological polar surface area (TPSA) is 29.1 Å². The van der Waals surface area contributed by atoms with Gasteiger partial charge in [-0.25, -0.2) is 0 Å². The molecule has 0 aromatic carbocycles. The number of carbonyl (C=O) groups excluding carboxylic acids is 1. The lowest BCUT2D eigenvalue weighted by atomic mass is 9.84. The predicted octanol–water partition coefficient (Wildman–Crippen LogP) is 2.06. The number of carbonyl (C=O) groups is 1. The standard InChI is InChI=1S/C10H16ClNO/c11-8-5-2-6-9(8)12-10(13)7-3-1-4-7/h7-9H,1-6H2,(H,12,13). The zero-order valence-corrected chi connectivity index (χ0v) is 8.52. The zero-order chi connectivity index (χ0) is 9.26. The lowest BCUT2D eigenvalue weighted by molar-refractivity contribution is -0.128. The predicted molar refractivity (Wildman–Crippen MR) is 52.8 cm³/mol. The molecular formula is C10H16ClNO. The SMILES string of the molecule is O=C(NC1CCCC1Cl)C1CCC1. The highest BCUT2D eigenvalue weighted by Gasteiger charge is 2.31. The lowest BCUT2D eigenvalue weighted by Gasteiger charge is -2.26. The molecule has 2 aliphatic rings. The largest absolute Gasteiger partial charge is 0.352 e. The molecule has 1 N–H and O–H groups in total. The second kappa shape index (κ2) is 3.87. The van der Waals surface area contributed by atoms with Gasteiger partial charge < -0.3 is 5.32 Å². The van der Waals surface area contributed by atoms with E-state index in [1.807, 2.05) is 0 Å². The quantitative estimate of drug-likeness (QED) is 0.681. The summed E-state index contributed by atoms with van der Waals surface area (Å²) in [5, 5.41) is 3.23. The minimum absolute atomic E-state index is 0.170. The van der Waals surface area contributed by atoms with Crippen molar-refractivity contribution >= 4 is 17.5 Å². The molecule has 0 aliphatic heterocycles. The molecule has 0 saturated heterocycles. The number of halogens is 1. The number of hydrogen-bond acceptors (Lipinski definition) is 1. The maximum absolute atomic E-state index is 11.6. The molecular weight excluding hydrogens is 186 g/mol. The van der Waals surface area contributed by atoms with Crippen LogP contribution in [0.2, 0.25) is 0 Å². The summed E-state index contributed by atoms with van der Waals surface area (Å²) < 4.78 is 0. The van der Waals surface area contributed by atoms with E-state index in [2.05, 4.69) is 5.32 Å². The highest BCUT2D eigenvalue weighted by atomic mass is 35.5. The summed E-state index contributed by atoms with van der Waals surface area (Å²) in [4.78, 5) is 11.6. The van der Waals surface area contributed by atoms with Crippen molar-refractivity contribution in [2.75, 3.05) is 0 Å². The van der Waals surface area contributed by atoms with Crippen LogP contribution in [0.5, 0.6) is 0 Å². The average Bonchev–Trinajstić information content (AvgIpc) is 2.32. The van der Waals surface area contributed by atoms with Gasteiger partial charge in [0.15, 0.2) is 0 Å².